The third-order valence-electron chi connectivity index (χ3n) is 4.31. The molecule has 0 bridgehead atoms. The van der Waals surface area contributed by atoms with Crippen LogP contribution in [-0.4, -0.2) is 33.6 Å². The zero-order valence-corrected chi connectivity index (χ0v) is 18.6. The van der Waals surface area contributed by atoms with E-state index in [1.165, 1.54) is 12.3 Å². The molecule has 0 unspecified atom stereocenters. The van der Waals surface area contributed by atoms with Crippen LogP contribution in [-0.2, 0) is 20.1 Å². The van der Waals surface area contributed by atoms with Crippen molar-refractivity contribution in [3.8, 4) is 0 Å². The molecule has 1 aromatic carbocycles. The Morgan fingerprint density at radius 3 is 1.48 bits per heavy atom. The molecule has 7 nitrogen and oxygen atoms in total. The number of rotatable bonds is 3. The number of carbonyl (C=O) groups is 1. The van der Waals surface area contributed by atoms with Gasteiger partial charge in [-0.2, -0.15) is 0 Å². The predicted molar refractivity (Wildman–Crippen MR) is 116 cm³/mol. The molecular formula is C22H17BIrN5O2. The normalized spacial score (nSPS) is 11.4. The number of nitrogens with zero attached hydrogens (tertiary/aromatic N) is 5. The molecule has 1 aliphatic heterocycles. The summed E-state index contributed by atoms with van der Waals surface area (Å²) in [5, 5.41) is 8.32. The van der Waals surface area contributed by atoms with Gasteiger partial charge >= 0.3 is 13.5 Å². The van der Waals surface area contributed by atoms with Crippen molar-refractivity contribution >= 4 is 36.5 Å². The molecule has 3 aromatic heterocycles. The molecule has 9 heteroatoms. The number of pyridine rings is 3. The molecule has 31 heavy (non-hydrogen) atoms. The number of anilines is 4. The van der Waals surface area contributed by atoms with E-state index in [0.717, 1.165) is 23.0 Å². The van der Waals surface area contributed by atoms with Crippen molar-refractivity contribution in [2.75, 3.05) is 9.62 Å². The Kier molecular flexibility index (Phi) is 7.48. The average Bonchev–Trinajstić information content (AvgIpc) is 3.21. The van der Waals surface area contributed by atoms with Crippen molar-refractivity contribution in [2.24, 2.45) is 0 Å². The van der Waals surface area contributed by atoms with Crippen molar-refractivity contribution in [3.05, 3.63) is 103 Å². The van der Waals surface area contributed by atoms with Crippen molar-refractivity contribution in [1.29, 1.82) is 0 Å². The minimum atomic E-state index is -0.990. The maximum Gasteiger partial charge on any atom is 0.403 e. The molecule has 0 aliphatic carbocycles. The number of aromatic nitrogens is 3. The largest absolute Gasteiger partial charge is 0.477 e. The molecule has 0 fully saturated rings. The number of fused-ring (bicyclic) bond motifs is 1. The van der Waals surface area contributed by atoms with E-state index < -0.39 is 5.97 Å². The van der Waals surface area contributed by atoms with E-state index in [1.807, 2.05) is 56.1 Å². The van der Waals surface area contributed by atoms with Crippen LogP contribution >= 0.6 is 0 Å². The first-order valence-electron chi connectivity index (χ1n) is 9.23. The molecule has 0 amide bonds. The molecule has 154 valence electrons. The summed E-state index contributed by atoms with van der Waals surface area (Å²) >= 11 is 0. The van der Waals surface area contributed by atoms with E-state index in [4.69, 9.17) is 5.11 Å². The van der Waals surface area contributed by atoms with Gasteiger partial charge in [0.05, 0.1) is 11.4 Å². The summed E-state index contributed by atoms with van der Waals surface area (Å²) < 4.78 is 0. The first kappa shape index (κ1) is 22.1. The first-order valence-corrected chi connectivity index (χ1v) is 9.23. The van der Waals surface area contributed by atoms with Crippen LogP contribution in [0.25, 0.3) is 0 Å². The smallest absolute Gasteiger partial charge is 0.403 e. The molecular weight excluding hydrogens is 569 g/mol. The summed E-state index contributed by atoms with van der Waals surface area (Å²) in [6, 6.07) is 24.8. The van der Waals surface area contributed by atoms with Crippen molar-refractivity contribution < 1.29 is 30.0 Å². The fourth-order valence-electron chi connectivity index (χ4n) is 2.96. The number of carboxylic acid groups (broad SMARTS) is 1. The second kappa shape index (κ2) is 10.5. The third-order valence-corrected chi connectivity index (χ3v) is 4.31. The molecule has 0 saturated carbocycles. The van der Waals surface area contributed by atoms with E-state index in [-0.39, 0.29) is 25.8 Å². The quantitative estimate of drug-likeness (QED) is 0.363. The molecule has 0 spiro atoms. The number of carboxylic acids is 1. The van der Waals surface area contributed by atoms with Crippen molar-refractivity contribution in [1.82, 2.24) is 15.0 Å². The molecule has 0 saturated heterocycles. The van der Waals surface area contributed by atoms with Gasteiger partial charge in [0.25, 0.3) is 0 Å². The van der Waals surface area contributed by atoms with Gasteiger partial charge in [-0.25, -0.2) is 19.7 Å². The molecule has 4 aromatic rings. The second-order valence-electron chi connectivity index (χ2n) is 6.24. The van der Waals surface area contributed by atoms with Crippen molar-refractivity contribution in [3.63, 3.8) is 0 Å². The second-order valence-corrected chi connectivity index (χ2v) is 6.24. The van der Waals surface area contributed by atoms with Crippen LogP contribution in [0.2, 0.25) is 0 Å². The summed E-state index contributed by atoms with van der Waals surface area (Å²) in [4.78, 5) is 26.7. The Balaban J connectivity index is 0.000000232. The monoisotopic (exact) mass is 587 g/mol. The molecule has 0 atom stereocenters. The minimum Gasteiger partial charge on any atom is -0.477 e. The summed E-state index contributed by atoms with van der Waals surface area (Å²) in [5.74, 6) is 0.794. The van der Waals surface area contributed by atoms with Crippen LogP contribution in [0.15, 0.2) is 97.5 Å². The number of hydrogen-bond donors (Lipinski definition) is 1. The predicted octanol–water partition coefficient (Wildman–Crippen LogP) is 4.08. The Morgan fingerprint density at radius 1 is 0.677 bits per heavy atom. The zero-order chi connectivity index (χ0) is 20.8. The van der Waals surface area contributed by atoms with Crippen LogP contribution in [0.3, 0.4) is 0 Å². The Morgan fingerprint density at radius 2 is 1.13 bits per heavy atom. The van der Waals surface area contributed by atoms with Crippen LogP contribution in [0.5, 0.6) is 0 Å². The summed E-state index contributed by atoms with van der Waals surface area (Å²) in [6.07, 6.45) is 5.05. The number of aromatic carboxylic acids is 1. The molecule has 5 rings (SSSR count). The number of benzene rings is 1. The van der Waals surface area contributed by atoms with E-state index in [9.17, 15) is 4.79 Å². The van der Waals surface area contributed by atoms with Gasteiger partial charge in [-0.05, 0) is 48.5 Å². The molecule has 4 heterocycles. The fourth-order valence-corrected chi connectivity index (χ4v) is 2.96. The van der Waals surface area contributed by atoms with Gasteiger partial charge < -0.3 is 14.7 Å². The summed E-state index contributed by atoms with van der Waals surface area (Å²) in [5.41, 5.74) is 2.28. The van der Waals surface area contributed by atoms with Gasteiger partial charge in [0, 0.05) is 38.7 Å². The van der Waals surface area contributed by atoms with Crippen LogP contribution in [0, 0.1) is 0 Å². The van der Waals surface area contributed by atoms with Gasteiger partial charge in [0.15, 0.2) is 0 Å². The standard InChI is InChI=1S/C16H12BN4.C6H5NO2.Ir/c1-2-8-14-13(7-1)20(15-9-3-5-11-18-15)17-21(14)16-10-4-6-12-19-16;8-6(9)5-3-1-2-4-7-5;/h1-12H;1-4H,(H,8,9);. The summed E-state index contributed by atoms with van der Waals surface area (Å²) in [6.45, 7) is 0. The Hall–Kier alpha value is -3.55. The SMILES string of the molecule is O=C(O)c1ccccn1.[B]1N(c2ccccn2)c2ccccc2N1c1ccccn1.[Ir]. The van der Waals surface area contributed by atoms with E-state index in [0.29, 0.717) is 0 Å². The molecule has 1 aliphatic rings. The van der Waals surface area contributed by atoms with E-state index >= 15 is 0 Å². The Bertz CT molecular complexity index is 1060. The van der Waals surface area contributed by atoms with Crippen LogP contribution < -0.4 is 9.62 Å². The van der Waals surface area contributed by atoms with Crippen LogP contribution in [0.1, 0.15) is 10.5 Å². The number of para-hydroxylation sites is 2. The topological polar surface area (TPSA) is 82.4 Å². The van der Waals surface area contributed by atoms with E-state index in [2.05, 4.69) is 36.7 Å². The summed E-state index contributed by atoms with van der Waals surface area (Å²) in [7, 11) is 2.02. The maximum atomic E-state index is 10.1. The molecule has 2 radical (unpaired) electrons. The molecule has 1 N–H and O–H groups in total. The van der Waals surface area contributed by atoms with Gasteiger partial charge in [-0.3, -0.25) is 0 Å². The minimum absolute atomic E-state index is 0. The van der Waals surface area contributed by atoms with E-state index in [1.54, 1.807) is 24.5 Å². The fraction of sp³-hybridized carbons (Fsp3) is 0. The maximum absolute atomic E-state index is 10.1. The number of hydrogen-bond acceptors (Lipinski definition) is 6. The van der Waals surface area contributed by atoms with Crippen molar-refractivity contribution in [2.45, 2.75) is 0 Å². The Labute approximate surface area is 194 Å². The van der Waals surface area contributed by atoms with Gasteiger partial charge in [0.1, 0.15) is 17.3 Å². The van der Waals surface area contributed by atoms with Gasteiger partial charge in [0.2, 0.25) is 0 Å². The third kappa shape index (κ3) is 5.14. The zero-order valence-electron chi connectivity index (χ0n) is 16.2. The van der Waals surface area contributed by atoms with Gasteiger partial charge in [-0.15, -0.1) is 0 Å². The van der Waals surface area contributed by atoms with Gasteiger partial charge in [-0.1, -0.05) is 30.3 Å². The average molecular weight is 586 g/mol. The first-order chi connectivity index (χ1) is 14.7. The van der Waals surface area contributed by atoms with Crippen LogP contribution in [0.4, 0.5) is 23.0 Å².